The van der Waals surface area contributed by atoms with E-state index in [4.69, 9.17) is 4.74 Å². The van der Waals surface area contributed by atoms with Crippen LogP contribution in [-0.4, -0.2) is 41.0 Å². The third-order valence-electron chi connectivity index (χ3n) is 6.67. The van der Waals surface area contributed by atoms with Crippen molar-refractivity contribution >= 4 is 11.9 Å². The molecule has 1 saturated heterocycles. The van der Waals surface area contributed by atoms with Crippen LogP contribution in [0.3, 0.4) is 0 Å². The number of amides is 1. The van der Waals surface area contributed by atoms with E-state index in [1.54, 1.807) is 0 Å². The Morgan fingerprint density at radius 2 is 1.86 bits per heavy atom. The monoisotopic (exact) mass is 388 g/mol. The van der Waals surface area contributed by atoms with E-state index in [2.05, 4.69) is 23.3 Å². The number of rotatable bonds is 5. The second-order valence-electron chi connectivity index (χ2n) is 8.87. The molecular formula is C23H36N2O3. The highest BCUT2D eigenvalue weighted by Crippen LogP contribution is 2.33. The quantitative estimate of drug-likeness (QED) is 0.705. The number of hydrogen-bond donors (Lipinski definition) is 0. The van der Waals surface area contributed by atoms with Gasteiger partial charge in [-0.3, -0.25) is 4.79 Å². The number of aryl methyl sites for hydroxylation is 1. The van der Waals surface area contributed by atoms with Gasteiger partial charge >= 0.3 is 5.97 Å². The summed E-state index contributed by atoms with van der Waals surface area (Å²) >= 11 is 0. The smallest absolute Gasteiger partial charge is 0.339 e. The minimum Gasteiger partial charge on any atom is -0.462 e. The average Bonchev–Trinajstić information content (AvgIpc) is 2.96. The summed E-state index contributed by atoms with van der Waals surface area (Å²) in [6, 6.07) is 1.94. The van der Waals surface area contributed by atoms with E-state index in [1.165, 1.54) is 6.42 Å². The second-order valence-corrected chi connectivity index (χ2v) is 8.87. The van der Waals surface area contributed by atoms with E-state index < -0.39 is 0 Å². The number of aromatic nitrogens is 1. The summed E-state index contributed by atoms with van der Waals surface area (Å²) in [5.41, 5.74) is 2.79. The lowest BCUT2D eigenvalue weighted by atomic mass is 9.81. The van der Waals surface area contributed by atoms with Gasteiger partial charge < -0.3 is 14.2 Å². The minimum atomic E-state index is -0.230. The van der Waals surface area contributed by atoms with Gasteiger partial charge in [-0.15, -0.1) is 0 Å². The van der Waals surface area contributed by atoms with E-state index in [-0.39, 0.29) is 11.9 Å². The minimum absolute atomic E-state index is 0.212. The van der Waals surface area contributed by atoms with Crippen molar-refractivity contribution in [1.29, 1.82) is 0 Å². The van der Waals surface area contributed by atoms with E-state index in [1.807, 2.05) is 19.9 Å². The molecule has 0 bridgehead atoms. The van der Waals surface area contributed by atoms with Gasteiger partial charge in [0, 0.05) is 36.9 Å². The van der Waals surface area contributed by atoms with Gasteiger partial charge in [-0.2, -0.15) is 0 Å². The first-order valence-corrected chi connectivity index (χ1v) is 11.0. The van der Waals surface area contributed by atoms with Crippen molar-refractivity contribution in [1.82, 2.24) is 9.47 Å². The molecule has 0 aromatic carbocycles. The molecule has 1 saturated carbocycles. The molecule has 1 unspecified atom stereocenters. The third-order valence-corrected chi connectivity index (χ3v) is 6.67. The van der Waals surface area contributed by atoms with Gasteiger partial charge in [0.15, 0.2) is 0 Å². The predicted octanol–water partition coefficient (Wildman–Crippen LogP) is 4.35. The zero-order chi connectivity index (χ0) is 20.3. The van der Waals surface area contributed by atoms with E-state index in [0.717, 1.165) is 63.1 Å². The van der Waals surface area contributed by atoms with Crippen LogP contribution in [0.15, 0.2) is 6.07 Å². The Bertz CT molecular complexity index is 701. The van der Waals surface area contributed by atoms with Crippen LogP contribution in [0.2, 0.25) is 0 Å². The number of carbonyl (C=O) groups excluding carboxylic acids is 2. The zero-order valence-corrected chi connectivity index (χ0v) is 18.0. The van der Waals surface area contributed by atoms with Crippen molar-refractivity contribution < 1.29 is 14.3 Å². The number of nitrogens with zero attached hydrogens (tertiary/aromatic N) is 2. The molecule has 0 N–H and O–H groups in total. The Hall–Kier alpha value is -1.78. The fraction of sp³-hybridized carbons (Fsp3) is 0.739. The summed E-state index contributed by atoms with van der Waals surface area (Å²) in [7, 11) is 0. The highest BCUT2D eigenvalue weighted by molar-refractivity contribution is 5.91. The van der Waals surface area contributed by atoms with Crippen molar-refractivity contribution in [2.24, 2.45) is 17.8 Å². The summed E-state index contributed by atoms with van der Waals surface area (Å²) < 4.78 is 7.43. The van der Waals surface area contributed by atoms with E-state index in [0.29, 0.717) is 29.9 Å². The largest absolute Gasteiger partial charge is 0.462 e. The van der Waals surface area contributed by atoms with Crippen LogP contribution in [-0.2, 0) is 16.1 Å². The van der Waals surface area contributed by atoms with Crippen LogP contribution >= 0.6 is 0 Å². The molecule has 1 aromatic heterocycles. The zero-order valence-electron chi connectivity index (χ0n) is 18.0. The molecule has 0 spiro atoms. The lowest BCUT2D eigenvalue weighted by Crippen LogP contribution is -2.43. The normalized spacial score (nSPS) is 25.6. The van der Waals surface area contributed by atoms with Crippen molar-refractivity contribution in [2.75, 3.05) is 19.7 Å². The van der Waals surface area contributed by atoms with Gasteiger partial charge in [-0.25, -0.2) is 4.79 Å². The molecule has 3 rings (SSSR count). The molecule has 1 atom stereocenters. The molecule has 1 aromatic rings. The van der Waals surface area contributed by atoms with E-state index >= 15 is 0 Å². The number of piperidine rings is 1. The fourth-order valence-electron chi connectivity index (χ4n) is 5.00. The van der Waals surface area contributed by atoms with Crippen LogP contribution in [0.1, 0.15) is 74.1 Å². The molecule has 28 heavy (non-hydrogen) atoms. The number of hydrogen-bond acceptors (Lipinski definition) is 3. The van der Waals surface area contributed by atoms with E-state index in [9.17, 15) is 9.59 Å². The van der Waals surface area contributed by atoms with Crippen molar-refractivity contribution in [3.63, 3.8) is 0 Å². The molecule has 2 heterocycles. The predicted molar refractivity (Wildman–Crippen MR) is 110 cm³/mol. The number of esters is 1. The van der Waals surface area contributed by atoms with Crippen LogP contribution < -0.4 is 0 Å². The van der Waals surface area contributed by atoms with Crippen LogP contribution in [0.5, 0.6) is 0 Å². The van der Waals surface area contributed by atoms with Gasteiger partial charge in [0.05, 0.1) is 12.2 Å². The Labute approximate surface area is 169 Å². The van der Waals surface area contributed by atoms with Gasteiger partial charge in [0.2, 0.25) is 5.91 Å². The van der Waals surface area contributed by atoms with Crippen LogP contribution in [0, 0.1) is 31.6 Å². The van der Waals surface area contributed by atoms with Crippen molar-refractivity contribution in [3.8, 4) is 0 Å². The molecule has 0 radical (unpaired) electrons. The Morgan fingerprint density at radius 3 is 2.50 bits per heavy atom. The Kier molecular flexibility index (Phi) is 6.84. The maximum absolute atomic E-state index is 12.9. The summed E-state index contributed by atoms with van der Waals surface area (Å²) in [6.45, 7) is 11.4. The third kappa shape index (κ3) is 4.61. The molecule has 5 heteroatoms. The molecular weight excluding hydrogens is 352 g/mol. The van der Waals surface area contributed by atoms with Gasteiger partial charge in [0.1, 0.15) is 0 Å². The fourth-order valence-corrected chi connectivity index (χ4v) is 5.00. The Morgan fingerprint density at radius 1 is 1.14 bits per heavy atom. The standard InChI is InChI=1S/C23H36N2O3/c1-5-28-23(27)21-13-17(3)25(18(21)4)15-19-8-10-20(11-9-19)22(26)24-12-6-7-16(2)14-24/h13,16,19-20H,5-12,14-15H2,1-4H3. The number of likely N-dealkylation sites (tertiary alicyclic amines) is 1. The maximum atomic E-state index is 12.9. The molecule has 1 amide bonds. The van der Waals surface area contributed by atoms with Crippen LogP contribution in [0.25, 0.3) is 0 Å². The first-order chi connectivity index (χ1) is 13.4. The first-order valence-electron chi connectivity index (χ1n) is 11.0. The lowest BCUT2D eigenvalue weighted by Gasteiger charge is -2.36. The molecule has 156 valence electrons. The second kappa shape index (κ2) is 9.15. The molecule has 2 aliphatic rings. The average molecular weight is 389 g/mol. The lowest BCUT2D eigenvalue weighted by molar-refractivity contribution is -0.138. The number of carbonyl (C=O) groups is 2. The summed E-state index contributed by atoms with van der Waals surface area (Å²) in [5, 5.41) is 0. The summed E-state index contributed by atoms with van der Waals surface area (Å²) in [5.74, 6) is 1.59. The number of ether oxygens (including phenoxy) is 1. The molecule has 1 aliphatic heterocycles. The molecule has 2 fully saturated rings. The SMILES string of the molecule is CCOC(=O)c1cc(C)n(CC2CCC(C(=O)N3CCCC(C)C3)CC2)c1C. The van der Waals surface area contributed by atoms with Gasteiger partial charge in [0.25, 0.3) is 0 Å². The van der Waals surface area contributed by atoms with Gasteiger partial charge in [-0.1, -0.05) is 6.92 Å². The highest BCUT2D eigenvalue weighted by atomic mass is 16.5. The maximum Gasteiger partial charge on any atom is 0.339 e. The van der Waals surface area contributed by atoms with Crippen molar-refractivity contribution in [3.05, 3.63) is 23.0 Å². The van der Waals surface area contributed by atoms with Crippen molar-refractivity contribution in [2.45, 2.75) is 72.8 Å². The molecule has 1 aliphatic carbocycles. The topological polar surface area (TPSA) is 51.5 Å². The van der Waals surface area contributed by atoms with Gasteiger partial charge in [-0.05, 0) is 77.2 Å². The summed E-state index contributed by atoms with van der Waals surface area (Å²) in [6.07, 6.45) is 6.57. The first kappa shape index (κ1) is 20.9. The highest BCUT2D eigenvalue weighted by Gasteiger charge is 2.31. The van der Waals surface area contributed by atoms with Crippen LogP contribution in [0.4, 0.5) is 0 Å². The molecule has 5 nitrogen and oxygen atoms in total. The Balaban J connectivity index is 1.56. The summed E-state index contributed by atoms with van der Waals surface area (Å²) in [4.78, 5) is 27.1.